The fourth-order valence-electron chi connectivity index (χ4n) is 5.03. The van der Waals surface area contributed by atoms with E-state index in [2.05, 4.69) is 5.10 Å². The SMILES string of the molecule is COc1cc(C=Nn2c(C3CCCCC3)nc3ccccc3c2=O)cc([N+](=O)[O-])c1OCc1cccc([N+](=O)[O-])c1. The molecule has 210 valence electrons. The predicted octanol–water partition coefficient (Wildman–Crippen LogP) is 5.73. The summed E-state index contributed by atoms with van der Waals surface area (Å²) in [6.07, 6.45) is 6.38. The molecule has 3 aromatic carbocycles. The monoisotopic (exact) mass is 557 g/mol. The third kappa shape index (κ3) is 5.91. The molecule has 12 nitrogen and oxygen atoms in total. The van der Waals surface area contributed by atoms with Gasteiger partial charge in [-0.2, -0.15) is 9.78 Å². The summed E-state index contributed by atoms with van der Waals surface area (Å²) in [5, 5.41) is 28.0. The first-order chi connectivity index (χ1) is 19.9. The van der Waals surface area contributed by atoms with Crippen LogP contribution in [0.5, 0.6) is 11.5 Å². The van der Waals surface area contributed by atoms with E-state index < -0.39 is 9.85 Å². The summed E-state index contributed by atoms with van der Waals surface area (Å²) in [5.41, 5.74) is 0.557. The number of nitrogens with zero attached hydrogens (tertiary/aromatic N) is 5. The standard InChI is InChI=1S/C29H27N5O7/c1-40-26-16-20(15-25(34(38)39)27(26)41-18-19-8-7-11-22(14-19)33(36)37)17-30-32-28(21-9-3-2-4-10-21)31-24-13-6-5-12-23(24)29(32)35/h5-8,11-17,21H,2-4,9-10,18H2,1H3. The second kappa shape index (κ2) is 11.9. The lowest BCUT2D eigenvalue weighted by molar-refractivity contribution is -0.386. The number of nitro groups is 2. The Labute approximate surface area is 234 Å². The summed E-state index contributed by atoms with van der Waals surface area (Å²) in [5.74, 6) is 0.589. The van der Waals surface area contributed by atoms with Crippen molar-refractivity contribution in [1.82, 2.24) is 9.66 Å². The maximum Gasteiger partial charge on any atom is 0.315 e. The number of nitro benzene ring substituents is 2. The quantitative estimate of drug-likeness (QED) is 0.144. The smallest absolute Gasteiger partial charge is 0.315 e. The molecule has 0 atom stereocenters. The van der Waals surface area contributed by atoms with Crippen molar-refractivity contribution in [1.29, 1.82) is 0 Å². The van der Waals surface area contributed by atoms with E-state index in [1.165, 1.54) is 48.3 Å². The van der Waals surface area contributed by atoms with Crippen molar-refractivity contribution in [3.05, 3.63) is 108 Å². The first-order valence-electron chi connectivity index (χ1n) is 13.1. The van der Waals surface area contributed by atoms with Crippen molar-refractivity contribution in [2.45, 2.75) is 44.6 Å². The van der Waals surface area contributed by atoms with E-state index in [0.717, 1.165) is 32.1 Å². The molecule has 1 aliphatic carbocycles. The van der Waals surface area contributed by atoms with E-state index in [1.54, 1.807) is 24.3 Å². The molecule has 12 heteroatoms. The van der Waals surface area contributed by atoms with Crippen LogP contribution in [0.1, 0.15) is 55.0 Å². The van der Waals surface area contributed by atoms with E-state index in [4.69, 9.17) is 14.5 Å². The van der Waals surface area contributed by atoms with Gasteiger partial charge in [0.15, 0.2) is 5.75 Å². The number of ether oxygens (including phenoxy) is 2. The van der Waals surface area contributed by atoms with Gasteiger partial charge < -0.3 is 9.47 Å². The topological polar surface area (TPSA) is 152 Å². The molecule has 1 aromatic heterocycles. The maximum atomic E-state index is 13.5. The van der Waals surface area contributed by atoms with Crippen LogP contribution < -0.4 is 15.0 Å². The highest BCUT2D eigenvalue weighted by Gasteiger charge is 2.24. The van der Waals surface area contributed by atoms with Gasteiger partial charge in [-0.25, -0.2) is 4.98 Å². The number of methoxy groups -OCH3 is 1. The van der Waals surface area contributed by atoms with Gasteiger partial charge in [0.25, 0.3) is 11.2 Å². The van der Waals surface area contributed by atoms with E-state index in [0.29, 0.717) is 27.9 Å². The number of benzene rings is 3. The molecule has 0 saturated heterocycles. The number of hydrogen-bond acceptors (Lipinski definition) is 9. The zero-order valence-electron chi connectivity index (χ0n) is 22.3. The fourth-order valence-corrected chi connectivity index (χ4v) is 5.03. The molecule has 0 spiro atoms. The maximum absolute atomic E-state index is 13.5. The van der Waals surface area contributed by atoms with Gasteiger partial charge in [-0.1, -0.05) is 43.5 Å². The zero-order chi connectivity index (χ0) is 28.9. The van der Waals surface area contributed by atoms with Gasteiger partial charge in [-0.05, 0) is 36.6 Å². The minimum atomic E-state index is -0.611. The Morgan fingerprint density at radius 3 is 2.54 bits per heavy atom. The van der Waals surface area contributed by atoms with Gasteiger partial charge in [-0.3, -0.25) is 25.0 Å². The molecule has 1 aliphatic rings. The van der Waals surface area contributed by atoms with Gasteiger partial charge in [0.2, 0.25) is 5.75 Å². The minimum absolute atomic E-state index is 0.0718. The van der Waals surface area contributed by atoms with Gasteiger partial charge in [-0.15, -0.1) is 0 Å². The Morgan fingerprint density at radius 2 is 1.80 bits per heavy atom. The van der Waals surface area contributed by atoms with Crippen LogP contribution in [-0.2, 0) is 6.61 Å². The molecule has 4 aromatic rings. The molecule has 0 unspecified atom stereocenters. The van der Waals surface area contributed by atoms with Crippen molar-refractivity contribution in [3.63, 3.8) is 0 Å². The summed E-state index contributed by atoms with van der Waals surface area (Å²) in [4.78, 5) is 40.2. The van der Waals surface area contributed by atoms with Crippen molar-refractivity contribution >= 4 is 28.5 Å². The Morgan fingerprint density at radius 1 is 1.02 bits per heavy atom. The second-order valence-corrected chi connectivity index (χ2v) is 9.73. The van der Waals surface area contributed by atoms with Gasteiger partial charge in [0, 0.05) is 29.7 Å². The summed E-state index contributed by atoms with van der Waals surface area (Å²) < 4.78 is 12.4. The normalized spacial score (nSPS) is 13.9. The van der Waals surface area contributed by atoms with Gasteiger partial charge in [0.05, 0.1) is 34.1 Å². The molecule has 1 fully saturated rings. The zero-order valence-corrected chi connectivity index (χ0v) is 22.3. The van der Waals surface area contributed by atoms with Crippen LogP contribution in [0.3, 0.4) is 0 Å². The van der Waals surface area contributed by atoms with Crippen LogP contribution in [0, 0.1) is 20.2 Å². The number of para-hydroxylation sites is 1. The fraction of sp³-hybridized carbons (Fsp3) is 0.276. The lowest BCUT2D eigenvalue weighted by Gasteiger charge is -2.22. The van der Waals surface area contributed by atoms with E-state index in [1.807, 2.05) is 6.07 Å². The van der Waals surface area contributed by atoms with Crippen molar-refractivity contribution in [2.24, 2.45) is 5.10 Å². The molecule has 0 amide bonds. The number of non-ortho nitro benzene ring substituents is 1. The average molecular weight is 558 g/mol. The highest BCUT2D eigenvalue weighted by Crippen LogP contribution is 2.39. The van der Waals surface area contributed by atoms with Crippen LogP contribution in [0.4, 0.5) is 11.4 Å². The molecule has 1 heterocycles. The predicted molar refractivity (Wildman–Crippen MR) is 152 cm³/mol. The third-order valence-electron chi connectivity index (χ3n) is 7.05. The highest BCUT2D eigenvalue weighted by atomic mass is 16.6. The number of hydrogen-bond donors (Lipinski definition) is 0. The minimum Gasteiger partial charge on any atom is -0.493 e. The van der Waals surface area contributed by atoms with Crippen LogP contribution in [0.2, 0.25) is 0 Å². The molecule has 0 aliphatic heterocycles. The Hall–Kier alpha value is -5.13. The first kappa shape index (κ1) is 27.4. The number of fused-ring (bicyclic) bond motifs is 1. The van der Waals surface area contributed by atoms with Gasteiger partial charge in [0.1, 0.15) is 12.4 Å². The van der Waals surface area contributed by atoms with Crippen molar-refractivity contribution in [2.75, 3.05) is 7.11 Å². The summed E-state index contributed by atoms with van der Waals surface area (Å²) in [6, 6.07) is 15.7. The third-order valence-corrected chi connectivity index (χ3v) is 7.05. The van der Waals surface area contributed by atoms with Crippen LogP contribution in [0.15, 0.2) is 70.6 Å². The molecule has 0 bridgehead atoms. The molecular weight excluding hydrogens is 530 g/mol. The van der Waals surface area contributed by atoms with E-state index >= 15 is 0 Å². The molecular formula is C29H27N5O7. The van der Waals surface area contributed by atoms with Crippen LogP contribution >= 0.6 is 0 Å². The van der Waals surface area contributed by atoms with Crippen molar-refractivity contribution < 1.29 is 19.3 Å². The summed E-state index contributed by atoms with van der Waals surface area (Å²) >= 11 is 0. The largest absolute Gasteiger partial charge is 0.493 e. The Kier molecular flexibility index (Phi) is 7.99. The lowest BCUT2D eigenvalue weighted by Crippen LogP contribution is -2.25. The molecule has 5 rings (SSSR count). The molecule has 0 radical (unpaired) electrons. The first-order valence-corrected chi connectivity index (χ1v) is 13.1. The second-order valence-electron chi connectivity index (χ2n) is 9.73. The summed E-state index contributed by atoms with van der Waals surface area (Å²) in [7, 11) is 1.35. The number of aromatic nitrogens is 2. The van der Waals surface area contributed by atoms with E-state index in [-0.39, 0.29) is 41.0 Å². The average Bonchev–Trinajstić information content (AvgIpc) is 2.99. The van der Waals surface area contributed by atoms with E-state index in [9.17, 15) is 25.0 Å². The summed E-state index contributed by atoms with van der Waals surface area (Å²) in [6.45, 7) is -0.158. The molecule has 41 heavy (non-hydrogen) atoms. The van der Waals surface area contributed by atoms with Crippen LogP contribution in [0.25, 0.3) is 10.9 Å². The Bertz CT molecular complexity index is 1710. The molecule has 0 N–H and O–H groups in total. The lowest BCUT2D eigenvalue weighted by atomic mass is 9.88. The van der Waals surface area contributed by atoms with Crippen molar-refractivity contribution in [3.8, 4) is 11.5 Å². The van der Waals surface area contributed by atoms with Gasteiger partial charge >= 0.3 is 5.69 Å². The number of rotatable bonds is 9. The molecule has 1 saturated carbocycles. The highest BCUT2D eigenvalue weighted by molar-refractivity contribution is 5.83. The van der Waals surface area contributed by atoms with Crippen LogP contribution in [-0.4, -0.2) is 32.8 Å². The Balaban J connectivity index is 1.52.